The Labute approximate surface area is 223 Å². The van der Waals surface area contributed by atoms with E-state index in [1.165, 1.54) is 0 Å². The second-order valence-electron chi connectivity index (χ2n) is 10.4. The lowest BCUT2D eigenvalue weighted by molar-refractivity contribution is -0.118. The maximum absolute atomic E-state index is 14.1. The third kappa shape index (κ3) is 5.61. The summed E-state index contributed by atoms with van der Waals surface area (Å²) in [6.07, 6.45) is 6.83. The number of hydrogen-bond donors (Lipinski definition) is 1. The van der Waals surface area contributed by atoms with E-state index < -0.39 is 6.04 Å². The number of hydrogen-bond acceptors (Lipinski definition) is 3. The molecule has 1 N–H and O–H groups in total. The Kier molecular flexibility index (Phi) is 7.77. The number of halogens is 2. The second kappa shape index (κ2) is 10.7. The molecule has 4 nitrogen and oxygen atoms in total. The topological polar surface area (TPSA) is 49.4 Å². The molecule has 0 spiro atoms. The van der Waals surface area contributed by atoms with Crippen molar-refractivity contribution in [3.05, 3.63) is 105 Å². The van der Waals surface area contributed by atoms with Gasteiger partial charge in [-0.25, -0.2) is 0 Å². The molecule has 4 rings (SSSR count). The summed E-state index contributed by atoms with van der Waals surface area (Å²) in [7, 11) is 0. The van der Waals surface area contributed by atoms with E-state index >= 15 is 0 Å². The highest BCUT2D eigenvalue weighted by Gasteiger charge is 2.41. The van der Waals surface area contributed by atoms with Crippen molar-refractivity contribution in [3.63, 3.8) is 0 Å². The Morgan fingerprint density at radius 2 is 1.69 bits per heavy atom. The number of nitrogens with zero attached hydrogens (tertiary/aromatic N) is 1. The first-order valence-electron chi connectivity index (χ1n) is 12.3. The van der Waals surface area contributed by atoms with Gasteiger partial charge in [0, 0.05) is 44.7 Å². The largest absolute Gasteiger partial charge is 0.362 e. The molecule has 0 aromatic heterocycles. The molecular formula is C30H32Cl2N2O2. The standard InChI is InChI=1S/C30H32Cl2N2O2/c1-19-10-8-9-11-20(2)34(29(36)21-12-6-5-7-13-21)28(23-15-14-22(31)16-24(23)32)27-25(33-19)17-30(3,4)18-26(27)35/h5-7,10-16,28,33H,8-9,17-18H2,1-4H3/b19-10+,20-11+. The van der Waals surface area contributed by atoms with Crippen LogP contribution in [0.15, 0.2) is 83.3 Å². The number of nitrogens with one attached hydrogen (secondary N) is 1. The van der Waals surface area contributed by atoms with Crippen LogP contribution in [0.25, 0.3) is 0 Å². The summed E-state index contributed by atoms with van der Waals surface area (Å²) in [6, 6.07) is 13.7. The Morgan fingerprint density at radius 1 is 1.00 bits per heavy atom. The lowest BCUT2D eigenvalue weighted by Crippen LogP contribution is -2.41. The normalized spacial score (nSPS) is 23.4. The number of ketones is 1. The first kappa shape index (κ1) is 26.2. The third-order valence-corrected chi connectivity index (χ3v) is 7.30. The molecule has 0 saturated heterocycles. The summed E-state index contributed by atoms with van der Waals surface area (Å²) in [5.41, 5.74) is 4.17. The Morgan fingerprint density at radius 3 is 2.39 bits per heavy atom. The average molecular weight is 524 g/mol. The van der Waals surface area contributed by atoms with Gasteiger partial charge in [-0.1, -0.05) is 73.5 Å². The van der Waals surface area contributed by atoms with Crippen molar-refractivity contribution in [1.82, 2.24) is 10.2 Å². The molecule has 1 aliphatic heterocycles. The summed E-state index contributed by atoms with van der Waals surface area (Å²) in [4.78, 5) is 29.8. The maximum Gasteiger partial charge on any atom is 0.258 e. The highest BCUT2D eigenvalue weighted by atomic mass is 35.5. The highest BCUT2D eigenvalue weighted by Crippen LogP contribution is 2.45. The molecule has 6 heteroatoms. The fourth-order valence-corrected chi connectivity index (χ4v) is 5.60. The lowest BCUT2D eigenvalue weighted by atomic mass is 9.73. The summed E-state index contributed by atoms with van der Waals surface area (Å²) in [5, 5.41) is 4.45. The predicted molar refractivity (Wildman–Crippen MR) is 147 cm³/mol. The molecule has 1 atom stereocenters. The van der Waals surface area contributed by atoms with Crippen molar-refractivity contribution < 1.29 is 9.59 Å². The Balaban J connectivity index is 2.04. The summed E-state index contributed by atoms with van der Waals surface area (Å²) >= 11 is 13.0. The monoisotopic (exact) mass is 522 g/mol. The van der Waals surface area contributed by atoms with Gasteiger partial charge in [0.2, 0.25) is 0 Å². The Bertz CT molecular complexity index is 1280. The zero-order chi connectivity index (χ0) is 26.0. The molecule has 36 heavy (non-hydrogen) atoms. The number of allylic oxidation sites excluding steroid dienone is 5. The molecule has 0 fully saturated rings. The zero-order valence-corrected chi connectivity index (χ0v) is 22.7. The van der Waals surface area contributed by atoms with Crippen LogP contribution >= 0.6 is 23.2 Å². The molecule has 0 saturated carbocycles. The highest BCUT2D eigenvalue weighted by molar-refractivity contribution is 6.35. The van der Waals surface area contributed by atoms with E-state index in [-0.39, 0.29) is 17.1 Å². The van der Waals surface area contributed by atoms with Crippen LogP contribution in [-0.4, -0.2) is 16.6 Å². The van der Waals surface area contributed by atoms with E-state index in [2.05, 4.69) is 31.3 Å². The molecule has 1 unspecified atom stereocenters. The quantitative estimate of drug-likeness (QED) is 0.434. The second-order valence-corrected chi connectivity index (χ2v) is 11.2. The number of benzene rings is 2. The number of Topliss-reactive ketones (excluding diaryl/α,β-unsaturated/α-hetero) is 1. The van der Waals surface area contributed by atoms with Crippen molar-refractivity contribution in [2.24, 2.45) is 5.41 Å². The van der Waals surface area contributed by atoms with Crippen molar-refractivity contribution >= 4 is 34.9 Å². The molecule has 188 valence electrons. The van der Waals surface area contributed by atoms with Crippen LogP contribution in [0.4, 0.5) is 0 Å². The molecule has 2 aromatic carbocycles. The SMILES string of the molecule is C/C1=C\CC/C=C(\C)N(C(=O)c2ccccc2)C(c2ccc(Cl)cc2Cl)C2=C(CC(C)(C)CC2=O)N1. The number of carbonyl (C=O) groups is 2. The predicted octanol–water partition coefficient (Wildman–Crippen LogP) is 8.01. The van der Waals surface area contributed by atoms with Gasteiger partial charge >= 0.3 is 0 Å². The summed E-state index contributed by atoms with van der Waals surface area (Å²) in [6.45, 7) is 8.14. The smallest absolute Gasteiger partial charge is 0.258 e. The van der Waals surface area contributed by atoms with Crippen molar-refractivity contribution in [2.45, 2.75) is 59.4 Å². The number of carbonyl (C=O) groups excluding carboxylic acids is 2. The molecular weight excluding hydrogens is 491 g/mol. The van der Waals surface area contributed by atoms with Gasteiger partial charge in [-0.2, -0.15) is 0 Å². The van der Waals surface area contributed by atoms with Gasteiger partial charge in [-0.15, -0.1) is 0 Å². The van der Waals surface area contributed by atoms with Crippen LogP contribution in [-0.2, 0) is 4.79 Å². The summed E-state index contributed by atoms with van der Waals surface area (Å²) in [5.74, 6) is -0.177. The minimum atomic E-state index is -0.712. The van der Waals surface area contributed by atoms with Gasteiger partial charge in [-0.3, -0.25) is 9.59 Å². The summed E-state index contributed by atoms with van der Waals surface area (Å²) < 4.78 is 0. The van der Waals surface area contributed by atoms with Gasteiger partial charge in [0.1, 0.15) is 0 Å². The first-order valence-corrected chi connectivity index (χ1v) is 13.0. The minimum Gasteiger partial charge on any atom is -0.362 e. The number of amides is 1. The van der Waals surface area contributed by atoms with E-state index in [0.29, 0.717) is 39.6 Å². The van der Waals surface area contributed by atoms with E-state index in [0.717, 1.165) is 29.9 Å². The van der Waals surface area contributed by atoms with Gasteiger partial charge in [0.05, 0.1) is 6.04 Å². The molecule has 0 radical (unpaired) electrons. The zero-order valence-electron chi connectivity index (χ0n) is 21.2. The fourth-order valence-electron chi connectivity index (χ4n) is 5.09. The van der Waals surface area contributed by atoms with Gasteiger partial charge in [-0.05, 0) is 68.4 Å². The van der Waals surface area contributed by atoms with E-state index in [9.17, 15) is 9.59 Å². The number of rotatable bonds is 2. The van der Waals surface area contributed by atoms with Gasteiger partial charge in [0.25, 0.3) is 5.91 Å². The molecule has 2 aliphatic rings. The van der Waals surface area contributed by atoms with Crippen molar-refractivity contribution in [1.29, 1.82) is 0 Å². The lowest BCUT2D eigenvalue weighted by Gasteiger charge is -2.40. The van der Waals surface area contributed by atoms with E-state index in [1.807, 2.05) is 38.1 Å². The average Bonchev–Trinajstić information content (AvgIpc) is 2.82. The van der Waals surface area contributed by atoms with Gasteiger partial charge in [0.15, 0.2) is 5.78 Å². The minimum absolute atomic E-state index is 0.00970. The van der Waals surface area contributed by atoms with Crippen molar-refractivity contribution in [2.75, 3.05) is 0 Å². The van der Waals surface area contributed by atoms with Crippen LogP contribution in [0.5, 0.6) is 0 Å². The van der Waals surface area contributed by atoms with Crippen LogP contribution in [0.2, 0.25) is 10.0 Å². The Hall–Kier alpha value is -2.82. The maximum atomic E-state index is 14.1. The van der Waals surface area contributed by atoms with Crippen LogP contribution in [0, 0.1) is 5.41 Å². The van der Waals surface area contributed by atoms with Crippen LogP contribution in [0.1, 0.15) is 75.3 Å². The molecule has 1 amide bonds. The third-order valence-electron chi connectivity index (χ3n) is 6.73. The van der Waals surface area contributed by atoms with E-state index in [1.54, 1.807) is 29.2 Å². The van der Waals surface area contributed by atoms with Crippen LogP contribution in [0.3, 0.4) is 0 Å². The fraction of sp³-hybridized carbons (Fsp3) is 0.333. The molecule has 2 aromatic rings. The molecule has 1 aliphatic carbocycles. The van der Waals surface area contributed by atoms with Crippen LogP contribution < -0.4 is 5.32 Å². The molecule has 0 bridgehead atoms. The molecule has 1 heterocycles. The van der Waals surface area contributed by atoms with Gasteiger partial charge < -0.3 is 10.2 Å². The van der Waals surface area contributed by atoms with E-state index in [4.69, 9.17) is 23.2 Å². The first-order chi connectivity index (χ1) is 17.1. The van der Waals surface area contributed by atoms with Crippen molar-refractivity contribution in [3.8, 4) is 0 Å².